The molecule has 0 radical (unpaired) electrons. The van der Waals surface area contributed by atoms with Gasteiger partial charge in [-0.15, -0.1) is 0 Å². The topological polar surface area (TPSA) is 18.5 Å². The van der Waals surface area contributed by atoms with Crippen molar-refractivity contribution in [3.63, 3.8) is 0 Å². The highest BCUT2D eigenvalue weighted by atomic mass is 16.5. The van der Waals surface area contributed by atoms with E-state index in [0.29, 0.717) is 12.0 Å². The Hall–Kier alpha value is -0.860. The maximum atomic E-state index is 5.72. The van der Waals surface area contributed by atoms with Crippen LogP contribution in [0.15, 0.2) is 30.3 Å². The minimum atomic E-state index is 0.500. The molecular formula is C15H22O2. The molecule has 0 heterocycles. The van der Waals surface area contributed by atoms with Gasteiger partial charge in [-0.1, -0.05) is 37.3 Å². The quantitative estimate of drug-likeness (QED) is 0.720. The van der Waals surface area contributed by atoms with Crippen molar-refractivity contribution >= 4 is 0 Å². The second kappa shape index (κ2) is 6.77. The van der Waals surface area contributed by atoms with E-state index in [1.165, 1.54) is 18.4 Å². The maximum Gasteiger partial charge on any atom is 0.0717 e. The molecule has 1 aromatic carbocycles. The normalized spacial score (nSPS) is 23.4. The summed E-state index contributed by atoms with van der Waals surface area (Å²) in [6.45, 7) is 4.67. The lowest BCUT2D eigenvalue weighted by atomic mass is 9.83. The van der Waals surface area contributed by atoms with Crippen LogP contribution in [0.2, 0.25) is 0 Å². The minimum absolute atomic E-state index is 0.500. The maximum absolute atomic E-state index is 5.72. The van der Waals surface area contributed by atoms with Crippen LogP contribution < -0.4 is 0 Å². The van der Waals surface area contributed by atoms with Gasteiger partial charge in [-0.05, 0) is 30.7 Å². The molecule has 1 aromatic rings. The summed E-state index contributed by atoms with van der Waals surface area (Å²) in [5.41, 5.74) is 1.26. The molecule has 0 bridgehead atoms. The van der Waals surface area contributed by atoms with E-state index < -0.39 is 0 Å². The van der Waals surface area contributed by atoms with Gasteiger partial charge in [-0.3, -0.25) is 0 Å². The summed E-state index contributed by atoms with van der Waals surface area (Å²) in [7, 11) is 0. The first-order valence-electron chi connectivity index (χ1n) is 6.61. The summed E-state index contributed by atoms with van der Waals surface area (Å²) >= 11 is 0. The van der Waals surface area contributed by atoms with Crippen LogP contribution in [-0.2, 0) is 16.1 Å². The summed E-state index contributed by atoms with van der Waals surface area (Å²) in [5, 5.41) is 0. The molecule has 0 aliphatic heterocycles. The van der Waals surface area contributed by atoms with Crippen LogP contribution in [-0.4, -0.2) is 19.3 Å². The van der Waals surface area contributed by atoms with Crippen LogP contribution >= 0.6 is 0 Å². The number of hydrogen-bond acceptors (Lipinski definition) is 2. The van der Waals surface area contributed by atoms with Gasteiger partial charge in [-0.2, -0.15) is 0 Å². The Morgan fingerprint density at radius 3 is 2.65 bits per heavy atom. The fourth-order valence-corrected chi connectivity index (χ4v) is 2.15. The fraction of sp³-hybridized carbons (Fsp3) is 0.600. The van der Waals surface area contributed by atoms with Crippen LogP contribution in [0.4, 0.5) is 0 Å². The van der Waals surface area contributed by atoms with E-state index >= 15 is 0 Å². The Morgan fingerprint density at radius 1 is 1.18 bits per heavy atom. The van der Waals surface area contributed by atoms with E-state index in [0.717, 1.165) is 26.2 Å². The summed E-state index contributed by atoms with van der Waals surface area (Å²) in [6, 6.07) is 10.3. The summed E-state index contributed by atoms with van der Waals surface area (Å²) in [5.74, 6) is 0.709. The molecule has 0 atom stereocenters. The van der Waals surface area contributed by atoms with Crippen molar-refractivity contribution in [3.05, 3.63) is 35.9 Å². The molecule has 0 saturated heterocycles. The zero-order chi connectivity index (χ0) is 11.9. The molecule has 94 valence electrons. The van der Waals surface area contributed by atoms with Gasteiger partial charge >= 0.3 is 0 Å². The van der Waals surface area contributed by atoms with Crippen LogP contribution in [0.1, 0.15) is 31.7 Å². The fourth-order valence-electron chi connectivity index (χ4n) is 2.15. The predicted octanol–water partition coefficient (Wildman–Crippen LogP) is 3.41. The van der Waals surface area contributed by atoms with Gasteiger partial charge < -0.3 is 9.47 Å². The van der Waals surface area contributed by atoms with Gasteiger partial charge in [0.15, 0.2) is 0 Å². The van der Waals surface area contributed by atoms with Gasteiger partial charge in [-0.25, -0.2) is 0 Å². The zero-order valence-corrected chi connectivity index (χ0v) is 10.6. The van der Waals surface area contributed by atoms with Crippen LogP contribution in [0.5, 0.6) is 0 Å². The monoisotopic (exact) mass is 234 g/mol. The molecule has 0 amide bonds. The number of rotatable bonds is 7. The van der Waals surface area contributed by atoms with Crippen LogP contribution in [0.3, 0.4) is 0 Å². The van der Waals surface area contributed by atoms with E-state index in [2.05, 4.69) is 31.2 Å². The van der Waals surface area contributed by atoms with E-state index in [9.17, 15) is 0 Å². The molecule has 0 spiro atoms. The molecule has 1 aliphatic rings. The standard InChI is InChI=1S/C15H22O2/c1-2-8-17-15-9-14(10-15)12-16-11-13-6-4-3-5-7-13/h3-7,14-15H,2,8-12H2,1H3. The Labute approximate surface area is 104 Å². The predicted molar refractivity (Wildman–Crippen MR) is 68.9 cm³/mol. The molecule has 17 heavy (non-hydrogen) atoms. The molecule has 0 N–H and O–H groups in total. The van der Waals surface area contributed by atoms with Crippen molar-refractivity contribution in [2.75, 3.05) is 13.2 Å². The average molecular weight is 234 g/mol. The summed E-state index contributed by atoms with van der Waals surface area (Å²) < 4.78 is 11.4. The Bertz CT molecular complexity index is 304. The van der Waals surface area contributed by atoms with Crippen molar-refractivity contribution in [2.24, 2.45) is 5.92 Å². The lowest BCUT2D eigenvalue weighted by Crippen LogP contribution is -2.34. The molecule has 1 saturated carbocycles. The van der Waals surface area contributed by atoms with E-state index in [1.54, 1.807) is 0 Å². The smallest absolute Gasteiger partial charge is 0.0717 e. The molecule has 0 unspecified atom stereocenters. The zero-order valence-electron chi connectivity index (χ0n) is 10.6. The lowest BCUT2D eigenvalue weighted by molar-refractivity contribution is -0.0582. The van der Waals surface area contributed by atoms with E-state index in [1.807, 2.05) is 6.07 Å². The summed E-state index contributed by atoms with van der Waals surface area (Å²) in [6.07, 6.45) is 3.97. The van der Waals surface area contributed by atoms with Gasteiger partial charge in [0.1, 0.15) is 0 Å². The third kappa shape index (κ3) is 4.14. The summed E-state index contributed by atoms with van der Waals surface area (Å²) in [4.78, 5) is 0. The molecule has 0 aromatic heterocycles. The first-order valence-corrected chi connectivity index (χ1v) is 6.61. The van der Waals surface area contributed by atoms with Crippen LogP contribution in [0.25, 0.3) is 0 Å². The largest absolute Gasteiger partial charge is 0.378 e. The van der Waals surface area contributed by atoms with Crippen molar-refractivity contribution in [1.29, 1.82) is 0 Å². The van der Waals surface area contributed by atoms with Gasteiger partial charge in [0.05, 0.1) is 19.3 Å². The van der Waals surface area contributed by atoms with Crippen LogP contribution in [0, 0.1) is 5.92 Å². The van der Waals surface area contributed by atoms with E-state index in [4.69, 9.17) is 9.47 Å². The molecule has 1 aliphatic carbocycles. The van der Waals surface area contributed by atoms with Crippen molar-refractivity contribution in [1.82, 2.24) is 0 Å². The van der Waals surface area contributed by atoms with Gasteiger partial charge in [0, 0.05) is 6.61 Å². The number of benzene rings is 1. The third-order valence-electron chi connectivity index (χ3n) is 3.22. The molecule has 1 fully saturated rings. The van der Waals surface area contributed by atoms with Crippen molar-refractivity contribution in [3.8, 4) is 0 Å². The highest BCUT2D eigenvalue weighted by Gasteiger charge is 2.29. The second-order valence-electron chi connectivity index (χ2n) is 4.83. The Morgan fingerprint density at radius 2 is 1.94 bits per heavy atom. The van der Waals surface area contributed by atoms with Gasteiger partial charge in [0.2, 0.25) is 0 Å². The van der Waals surface area contributed by atoms with E-state index in [-0.39, 0.29) is 0 Å². The highest BCUT2D eigenvalue weighted by molar-refractivity contribution is 5.13. The first-order chi connectivity index (χ1) is 8.38. The third-order valence-corrected chi connectivity index (χ3v) is 3.22. The minimum Gasteiger partial charge on any atom is -0.378 e. The Kier molecular flexibility index (Phi) is 5.02. The number of hydrogen-bond donors (Lipinski definition) is 0. The van der Waals surface area contributed by atoms with Crippen molar-refractivity contribution in [2.45, 2.75) is 38.9 Å². The average Bonchev–Trinajstić information content (AvgIpc) is 2.32. The van der Waals surface area contributed by atoms with Crippen molar-refractivity contribution < 1.29 is 9.47 Å². The number of ether oxygens (including phenoxy) is 2. The first kappa shape index (κ1) is 12.6. The second-order valence-corrected chi connectivity index (χ2v) is 4.83. The molecule has 2 heteroatoms. The SMILES string of the molecule is CCCOC1CC(COCc2ccccc2)C1. The van der Waals surface area contributed by atoms with Gasteiger partial charge in [0.25, 0.3) is 0 Å². The molecular weight excluding hydrogens is 212 g/mol. The lowest BCUT2D eigenvalue weighted by Gasteiger charge is -2.34. The molecule has 2 rings (SSSR count). The Balaban J connectivity index is 1.53. The highest BCUT2D eigenvalue weighted by Crippen LogP contribution is 2.30. The molecule has 2 nitrogen and oxygen atoms in total.